The summed E-state index contributed by atoms with van der Waals surface area (Å²) in [4.78, 5) is 11.7. The minimum Gasteiger partial charge on any atom is -0.353 e. The lowest BCUT2D eigenvalue weighted by Gasteiger charge is -2.18. The van der Waals surface area contributed by atoms with Crippen molar-refractivity contribution in [3.05, 3.63) is 0 Å². The summed E-state index contributed by atoms with van der Waals surface area (Å²) in [5, 5.41) is 6.53. The van der Waals surface area contributed by atoms with Crippen molar-refractivity contribution >= 4 is 5.91 Å². The number of nitrogens with one attached hydrogen (secondary N) is 2. The van der Waals surface area contributed by atoms with Crippen molar-refractivity contribution < 1.29 is 4.79 Å². The molecule has 2 fully saturated rings. The standard InChI is InChI=1S/C14H26N2O/c1-3-4-10(2)16-13(17)9-15-14(11-5-6-11)12-7-8-12/h10-12,14-15H,3-9H2,1-2H3,(H,16,17). The summed E-state index contributed by atoms with van der Waals surface area (Å²) in [6, 6.07) is 0.942. The van der Waals surface area contributed by atoms with Crippen molar-refractivity contribution in [2.24, 2.45) is 11.8 Å². The Hall–Kier alpha value is -0.570. The van der Waals surface area contributed by atoms with Crippen LogP contribution in [-0.4, -0.2) is 24.5 Å². The minimum atomic E-state index is 0.164. The molecule has 0 aromatic carbocycles. The molecular formula is C14H26N2O. The Kier molecular flexibility index (Phi) is 4.43. The van der Waals surface area contributed by atoms with E-state index in [0.29, 0.717) is 18.6 Å². The second kappa shape index (κ2) is 5.85. The van der Waals surface area contributed by atoms with Gasteiger partial charge in [-0.15, -0.1) is 0 Å². The number of hydrogen-bond donors (Lipinski definition) is 2. The Morgan fingerprint density at radius 2 is 1.82 bits per heavy atom. The topological polar surface area (TPSA) is 41.1 Å². The minimum absolute atomic E-state index is 0.164. The maximum absolute atomic E-state index is 11.7. The molecule has 2 saturated carbocycles. The van der Waals surface area contributed by atoms with E-state index in [1.807, 2.05) is 0 Å². The van der Waals surface area contributed by atoms with Crippen LogP contribution in [0.4, 0.5) is 0 Å². The van der Waals surface area contributed by atoms with Gasteiger partial charge in [-0.25, -0.2) is 0 Å². The maximum atomic E-state index is 11.7. The quantitative estimate of drug-likeness (QED) is 0.679. The highest BCUT2D eigenvalue weighted by Crippen LogP contribution is 2.44. The highest BCUT2D eigenvalue weighted by molar-refractivity contribution is 5.78. The highest BCUT2D eigenvalue weighted by Gasteiger charge is 2.41. The summed E-state index contributed by atoms with van der Waals surface area (Å²) in [6.07, 6.45) is 7.65. The van der Waals surface area contributed by atoms with Crippen molar-refractivity contribution in [1.82, 2.24) is 10.6 Å². The first-order valence-electron chi connectivity index (χ1n) is 7.23. The van der Waals surface area contributed by atoms with Crippen LogP contribution in [0.5, 0.6) is 0 Å². The van der Waals surface area contributed by atoms with Gasteiger partial charge in [0.25, 0.3) is 0 Å². The van der Waals surface area contributed by atoms with E-state index in [4.69, 9.17) is 0 Å². The summed E-state index contributed by atoms with van der Waals surface area (Å²) < 4.78 is 0. The van der Waals surface area contributed by atoms with Gasteiger partial charge < -0.3 is 10.6 Å². The van der Waals surface area contributed by atoms with E-state index in [9.17, 15) is 4.79 Å². The Morgan fingerprint density at radius 1 is 1.24 bits per heavy atom. The highest BCUT2D eigenvalue weighted by atomic mass is 16.1. The first kappa shape index (κ1) is 12.9. The molecule has 1 atom stereocenters. The van der Waals surface area contributed by atoms with E-state index in [1.165, 1.54) is 25.7 Å². The summed E-state index contributed by atoms with van der Waals surface area (Å²) in [7, 11) is 0. The lowest BCUT2D eigenvalue weighted by Crippen LogP contribution is -2.43. The Bertz CT molecular complexity index is 247. The smallest absolute Gasteiger partial charge is 0.234 e. The van der Waals surface area contributed by atoms with Crippen molar-refractivity contribution in [2.45, 2.75) is 64.5 Å². The normalized spacial score (nSPS) is 21.6. The molecule has 98 valence electrons. The van der Waals surface area contributed by atoms with E-state index < -0.39 is 0 Å². The molecule has 1 amide bonds. The van der Waals surface area contributed by atoms with Gasteiger partial charge in [-0.2, -0.15) is 0 Å². The lowest BCUT2D eigenvalue weighted by molar-refractivity contribution is -0.121. The van der Waals surface area contributed by atoms with Gasteiger partial charge in [0, 0.05) is 12.1 Å². The van der Waals surface area contributed by atoms with Gasteiger partial charge in [0.15, 0.2) is 0 Å². The van der Waals surface area contributed by atoms with Gasteiger partial charge in [0.1, 0.15) is 0 Å². The average Bonchev–Trinajstić information content (AvgIpc) is 3.13. The van der Waals surface area contributed by atoms with Gasteiger partial charge in [0.2, 0.25) is 5.91 Å². The zero-order chi connectivity index (χ0) is 12.3. The molecule has 3 nitrogen and oxygen atoms in total. The fraction of sp³-hybridized carbons (Fsp3) is 0.929. The summed E-state index contributed by atoms with van der Waals surface area (Å²) >= 11 is 0. The molecule has 2 aliphatic rings. The van der Waals surface area contributed by atoms with Crippen molar-refractivity contribution in [3.8, 4) is 0 Å². The fourth-order valence-electron chi connectivity index (χ4n) is 2.67. The van der Waals surface area contributed by atoms with Crippen LogP contribution in [0.25, 0.3) is 0 Å². The van der Waals surface area contributed by atoms with E-state index >= 15 is 0 Å². The summed E-state index contributed by atoms with van der Waals surface area (Å²) in [5.41, 5.74) is 0. The van der Waals surface area contributed by atoms with Gasteiger partial charge in [-0.1, -0.05) is 13.3 Å². The third-order valence-electron chi connectivity index (χ3n) is 3.89. The largest absolute Gasteiger partial charge is 0.353 e. The molecule has 0 aromatic heterocycles. The third kappa shape index (κ3) is 4.30. The maximum Gasteiger partial charge on any atom is 0.234 e. The molecule has 0 saturated heterocycles. The molecule has 0 radical (unpaired) electrons. The van der Waals surface area contributed by atoms with Crippen LogP contribution in [0.2, 0.25) is 0 Å². The van der Waals surface area contributed by atoms with E-state index in [1.54, 1.807) is 0 Å². The van der Waals surface area contributed by atoms with Gasteiger partial charge in [-0.05, 0) is 50.9 Å². The molecule has 0 aromatic rings. The first-order chi connectivity index (χ1) is 8.20. The number of rotatable bonds is 8. The number of carbonyl (C=O) groups excluding carboxylic acids is 1. The molecule has 0 aliphatic heterocycles. The monoisotopic (exact) mass is 238 g/mol. The molecule has 0 spiro atoms. The number of carbonyl (C=O) groups is 1. The Labute approximate surface area is 105 Å². The lowest BCUT2D eigenvalue weighted by atomic mass is 10.1. The van der Waals surface area contributed by atoms with Crippen molar-refractivity contribution in [2.75, 3.05) is 6.54 Å². The van der Waals surface area contributed by atoms with E-state index in [0.717, 1.165) is 24.7 Å². The third-order valence-corrected chi connectivity index (χ3v) is 3.89. The van der Waals surface area contributed by atoms with Gasteiger partial charge >= 0.3 is 0 Å². The molecule has 2 rings (SSSR count). The van der Waals surface area contributed by atoms with Crippen molar-refractivity contribution in [1.29, 1.82) is 0 Å². The predicted octanol–water partition coefficient (Wildman–Crippen LogP) is 2.07. The van der Waals surface area contributed by atoms with Crippen LogP contribution in [0.3, 0.4) is 0 Å². The summed E-state index contributed by atoms with van der Waals surface area (Å²) in [5.74, 6) is 1.89. The van der Waals surface area contributed by atoms with Crippen LogP contribution in [-0.2, 0) is 4.79 Å². The zero-order valence-corrected chi connectivity index (χ0v) is 11.2. The molecular weight excluding hydrogens is 212 g/mol. The zero-order valence-electron chi connectivity index (χ0n) is 11.2. The molecule has 3 heteroatoms. The van der Waals surface area contributed by atoms with Crippen LogP contribution in [0.1, 0.15) is 52.4 Å². The average molecular weight is 238 g/mol. The van der Waals surface area contributed by atoms with Crippen LogP contribution >= 0.6 is 0 Å². The first-order valence-corrected chi connectivity index (χ1v) is 7.23. The Morgan fingerprint density at radius 3 is 2.29 bits per heavy atom. The molecule has 2 N–H and O–H groups in total. The summed E-state index contributed by atoms with van der Waals surface area (Å²) in [6.45, 7) is 4.74. The molecule has 17 heavy (non-hydrogen) atoms. The SMILES string of the molecule is CCCC(C)NC(=O)CNC(C1CC1)C1CC1. The fourth-order valence-corrected chi connectivity index (χ4v) is 2.67. The number of amides is 1. The van der Waals surface area contributed by atoms with Crippen LogP contribution < -0.4 is 10.6 Å². The second-order valence-corrected chi connectivity index (χ2v) is 5.84. The van der Waals surface area contributed by atoms with Gasteiger partial charge in [0.05, 0.1) is 6.54 Å². The number of hydrogen-bond acceptors (Lipinski definition) is 2. The molecule has 1 unspecified atom stereocenters. The van der Waals surface area contributed by atoms with E-state index in [2.05, 4.69) is 24.5 Å². The second-order valence-electron chi connectivity index (χ2n) is 5.84. The molecule has 0 heterocycles. The van der Waals surface area contributed by atoms with Gasteiger partial charge in [-0.3, -0.25) is 4.79 Å². The van der Waals surface area contributed by atoms with Crippen molar-refractivity contribution in [3.63, 3.8) is 0 Å². The molecule has 2 aliphatic carbocycles. The van der Waals surface area contributed by atoms with Crippen LogP contribution in [0.15, 0.2) is 0 Å². The van der Waals surface area contributed by atoms with Crippen LogP contribution in [0, 0.1) is 11.8 Å². The van der Waals surface area contributed by atoms with E-state index in [-0.39, 0.29) is 5.91 Å². The predicted molar refractivity (Wildman–Crippen MR) is 69.8 cm³/mol. The Balaban J connectivity index is 1.64. The molecule has 0 bridgehead atoms.